The van der Waals surface area contributed by atoms with Crippen LogP contribution in [0.25, 0.3) is 0 Å². The second-order valence-electron chi connectivity index (χ2n) is 7.60. The number of allylic oxidation sites excluding steroid dienone is 6. The number of piperidine rings is 1. The van der Waals surface area contributed by atoms with Crippen molar-refractivity contribution in [1.29, 1.82) is 0 Å². The third-order valence-corrected chi connectivity index (χ3v) is 4.77. The lowest BCUT2D eigenvalue weighted by atomic mass is 9.88. The molecule has 1 aliphatic rings. The molecule has 1 amide bonds. The van der Waals surface area contributed by atoms with E-state index in [1.807, 2.05) is 0 Å². The average molecular weight is 448 g/mol. The van der Waals surface area contributed by atoms with Gasteiger partial charge in [-0.25, -0.2) is 8.78 Å². The third-order valence-electron chi connectivity index (χ3n) is 4.77. The van der Waals surface area contributed by atoms with Crippen LogP contribution in [0.15, 0.2) is 53.4 Å². The highest BCUT2D eigenvalue weighted by Crippen LogP contribution is 2.35. The summed E-state index contributed by atoms with van der Waals surface area (Å²) in [6.07, 6.45) is -2.12. The number of carbonyl (C=O) groups excluding carboxylic acids is 1. The normalized spacial score (nSPS) is 22.9. The van der Waals surface area contributed by atoms with E-state index >= 15 is 0 Å². The van der Waals surface area contributed by atoms with Crippen molar-refractivity contribution in [2.45, 2.75) is 58.7 Å². The van der Waals surface area contributed by atoms with E-state index in [4.69, 9.17) is 4.74 Å². The number of nitrogens with zero attached hydrogens (tertiary/aromatic N) is 2. The Labute approximate surface area is 179 Å². The molecule has 174 valence electrons. The van der Waals surface area contributed by atoms with Crippen molar-refractivity contribution in [2.24, 2.45) is 10.9 Å². The Kier molecular flexibility index (Phi) is 9.20. The first-order valence-corrected chi connectivity index (χ1v) is 9.84. The van der Waals surface area contributed by atoms with E-state index in [1.54, 1.807) is 20.8 Å². The molecule has 4 nitrogen and oxygen atoms in total. The van der Waals surface area contributed by atoms with E-state index in [-0.39, 0.29) is 24.5 Å². The average Bonchev–Trinajstić information content (AvgIpc) is 2.62. The Morgan fingerprint density at radius 1 is 1.29 bits per heavy atom. The van der Waals surface area contributed by atoms with Crippen molar-refractivity contribution in [2.75, 3.05) is 13.2 Å². The van der Waals surface area contributed by atoms with Crippen molar-refractivity contribution in [3.63, 3.8) is 0 Å². The van der Waals surface area contributed by atoms with Gasteiger partial charge < -0.3 is 9.64 Å². The summed E-state index contributed by atoms with van der Waals surface area (Å²) in [6, 6.07) is -0.692. The van der Waals surface area contributed by atoms with Crippen LogP contribution in [0.1, 0.15) is 40.5 Å². The number of rotatable bonds is 8. The van der Waals surface area contributed by atoms with Gasteiger partial charge in [0.05, 0.1) is 23.9 Å². The topological polar surface area (TPSA) is 41.9 Å². The highest BCUT2D eigenvalue weighted by atomic mass is 19.4. The predicted molar refractivity (Wildman–Crippen MR) is 111 cm³/mol. The maximum absolute atomic E-state index is 14.2. The van der Waals surface area contributed by atoms with Crippen molar-refractivity contribution < 1.29 is 31.5 Å². The van der Waals surface area contributed by atoms with Crippen molar-refractivity contribution in [3.8, 4) is 0 Å². The van der Waals surface area contributed by atoms with Gasteiger partial charge in [0.1, 0.15) is 12.3 Å². The third kappa shape index (κ3) is 7.95. The summed E-state index contributed by atoms with van der Waals surface area (Å²) in [4.78, 5) is 18.0. The zero-order chi connectivity index (χ0) is 24.0. The quantitative estimate of drug-likeness (QED) is 0.203. The summed E-state index contributed by atoms with van der Waals surface area (Å²) in [5.74, 6) is -4.14. The van der Waals surface area contributed by atoms with Crippen molar-refractivity contribution in [3.05, 3.63) is 48.4 Å². The number of amides is 1. The van der Waals surface area contributed by atoms with Crippen LogP contribution in [0.4, 0.5) is 22.0 Å². The molecule has 0 bridgehead atoms. The van der Waals surface area contributed by atoms with Crippen molar-refractivity contribution in [1.82, 2.24) is 4.90 Å². The van der Waals surface area contributed by atoms with Crippen LogP contribution >= 0.6 is 0 Å². The molecule has 1 rings (SSSR count). The number of aliphatic imine (C=N–C) groups is 1. The first-order valence-electron chi connectivity index (χ1n) is 9.84. The maximum Gasteiger partial charge on any atom is 0.416 e. The highest BCUT2D eigenvalue weighted by molar-refractivity contribution is 6.39. The molecule has 31 heavy (non-hydrogen) atoms. The number of hydrogen-bond donors (Lipinski definition) is 0. The smallest absolute Gasteiger partial charge is 0.416 e. The molecule has 0 N–H and O–H groups in total. The molecule has 1 heterocycles. The van der Waals surface area contributed by atoms with Gasteiger partial charge in [0, 0.05) is 12.1 Å². The number of carbonyl (C=O) groups is 1. The monoisotopic (exact) mass is 448 g/mol. The van der Waals surface area contributed by atoms with E-state index in [2.05, 4.69) is 18.2 Å². The molecular weight excluding hydrogens is 419 g/mol. The molecule has 0 radical (unpaired) electrons. The molecule has 0 aliphatic carbocycles. The molecule has 9 heteroatoms. The van der Waals surface area contributed by atoms with Crippen LogP contribution in [-0.2, 0) is 9.53 Å². The van der Waals surface area contributed by atoms with Gasteiger partial charge in [0.2, 0.25) is 0 Å². The zero-order valence-corrected chi connectivity index (χ0v) is 18.2. The summed E-state index contributed by atoms with van der Waals surface area (Å²) < 4.78 is 72.2. The first-order chi connectivity index (χ1) is 14.2. The van der Waals surface area contributed by atoms with Crippen LogP contribution in [0, 0.1) is 5.92 Å². The summed E-state index contributed by atoms with van der Waals surface area (Å²) in [5.41, 5.74) is -0.456. The summed E-state index contributed by atoms with van der Waals surface area (Å²) in [6.45, 7) is 12.1. The number of likely N-dealkylation sites (tertiary alicyclic amines) is 1. The Morgan fingerprint density at radius 2 is 1.90 bits per heavy atom. The van der Waals surface area contributed by atoms with Gasteiger partial charge in [-0.2, -0.15) is 13.2 Å². The first kappa shape index (κ1) is 26.6. The Bertz CT molecular complexity index is 781. The highest BCUT2D eigenvalue weighted by Gasteiger charge is 2.46. The van der Waals surface area contributed by atoms with E-state index in [1.165, 1.54) is 6.92 Å². The van der Waals surface area contributed by atoms with E-state index < -0.39 is 48.5 Å². The number of hydrogen-bond acceptors (Lipinski definition) is 3. The molecule has 1 aliphatic heterocycles. The fraction of sp³-hybridized carbons (Fsp3) is 0.545. The van der Waals surface area contributed by atoms with Crippen molar-refractivity contribution >= 4 is 11.6 Å². The molecular formula is C22H29F5N2O2. The van der Waals surface area contributed by atoms with Crippen LogP contribution in [0.3, 0.4) is 0 Å². The zero-order valence-electron chi connectivity index (χ0n) is 18.2. The summed E-state index contributed by atoms with van der Waals surface area (Å²) >= 11 is 0. The van der Waals surface area contributed by atoms with Gasteiger partial charge in [-0.15, -0.1) is 0 Å². The van der Waals surface area contributed by atoms with Crippen LogP contribution in [0.5, 0.6) is 0 Å². The van der Waals surface area contributed by atoms with Gasteiger partial charge in [-0.3, -0.25) is 9.79 Å². The molecule has 2 unspecified atom stereocenters. The molecule has 1 saturated heterocycles. The molecule has 1 fully saturated rings. The van der Waals surface area contributed by atoms with Gasteiger partial charge in [-0.05, 0) is 38.3 Å². The minimum absolute atomic E-state index is 0.110. The summed E-state index contributed by atoms with van der Waals surface area (Å²) in [5, 5.41) is 0. The Hall–Kier alpha value is -2.45. The molecule has 2 atom stereocenters. The van der Waals surface area contributed by atoms with E-state index in [9.17, 15) is 26.7 Å². The number of ether oxygens (including phenoxy) is 1. The van der Waals surface area contributed by atoms with Crippen LogP contribution in [0.2, 0.25) is 0 Å². The van der Waals surface area contributed by atoms with Crippen LogP contribution in [-0.4, -0.2) is 47.8 Å². The SMILES string of the molecule is C=C/C(=C\C=C(/C)OCC1C(C)CC(F)(F)CN1C(=O)C(CC)=NC(=C)C)C(F)(F)F. The number of halogens is 5. The molecule has 0 aromatic rings. The maximum atomic E-state index is 14.2. The van der Waals surface area contributed by atoms with Crippen LogP contribution < -0.4 is 0 Å². The van der Waals surface area contributed by atoms with Gasteiger partial charge in [-0.1, -0.05) is 33.1 Å². The standard InChI is InChI=1S/C22H29F5N2O2/c1-7-17(22(25,26)27)10-9-16(6)31-12-19-15(5)11-21(23,24)13-29(19)20(30)18(8-2)28-14(3)4/h7,9-10,15,19H,1,3,8,11-13H2,2,4-6H3/b16-9+,17-10+,28-18?. The lowest BCUT2D eigenvalue weighted by Crippen LogP contribution is -2.58. The lowest BCUT2D eigenvalue weighted by molar-refractivity contribution is -0.149. The minimum atomic E-state index is -4.55. The molecule has 0 saturated carbocycles. The molecule has 0 spiro atoms. The van der Waals surface area contributed by atoms with Gasteiger partial charge in [0.15, 0.2) is 0 Å². The van der Waals surface area contributed by atoms with E-state index in [0.29, 0.717) is 11.8 Å². The number of alkyl halides is 5. The minimum Gasteiger partial charge on any atom is -0.496 e. The predicted octanol–water partition coefficient (Wildman–Crippen LogP) is 5.84. The Morgan fingerprint density at radius 3 is 2.39 bits per heavy atom. The molecule has 0 aromatic heterocycles. The Balaban J connectivity index is 3.09. The second-order valence-corrected chi connectivity index (χ2v) is 7.60. The van der Waals surface area contributed by atoms with Gasteiger partial charge >= 0.3 is 6.18 Å². The van der Waals surface area contributed by atoms with Gasteiger partial charge in [0.25, 0.3) is 11.8 Å². The fourth-order valence-electron chi connectivity index (χ4n) is 3.25. The second kappa shape index (κ2) is 10.7. The largest absolute Gasteiger partial charge is 0.496 e. The summed E-state index contributed by atoms with van der Waals surface area (Å²) in [7, 11) is 0. The van der Waals surface area contributed by atoms with E-state index in [0.717, 1.165) is 17.1 Å². The fourth-order valence-corrected chi connectivity index (χ4v) is 3.25. The molecule has 0 aromatic carbocycles. The lowest BCUT2D eigenvalue weighted by Gasteiger charge is -2.43.